The molecule has 3 rings (SSSR count). The Morgan fingerprint density at radius 3 is 2.39 bits per heavy atom. The van der Waals surface area contributed by atoms with Gasteiger partial charge in [-0.05, 0) is 44.4 Å². The van der Waals surface area contributed by atoms with Crippen LogP contribution >= 0.6 is 0 Å². The first-order valence-electron chi connectivity index (χ1n) is 7.59. The van der Waals surface area contributed by atoms with Crippen molar-refractivity contribution in [3.8, 4) is 0 Å². The largest absolute Gasteiger partial charge is 0.456 e. The molecule has 18 heavy (non-hydrogen) atoms. The van der Waals surface area contributed by atoms with Gasteiger partial charge in [0.2, 0.25) is 0 Å². The van der Waals surface area contributed by atoms with Crippen LogP contribution in [0.5, 0.6) is 0 Å². The molecule has 3 fully saturated rings. The number of carbonyl (C=O) groups excluding carboxylic acids is 1. The molecule has 0 radical (unpaired) electrons. The Morgan fingerprint density at radius 1 is 1.00 bits per heavy atom. The molecule has 3 aliphatic carbocycles. The topological polar surface area (TPSA) is 26.3 Å². The van der Waals surface area contributed by atoms with Crippen LogP contribution in [-0.4, -0.2) is 11.6 Å². The van der Waals surface area contributed by atoms with Gasteiger partial charge in [0.15, 0.2) is 0 Å². The van der Waals surface area contributed by atoms with Crippen LogP contribution < -0.4 is 0 Å². The molecule has 0 N–H and O–H groups in total. The van der Waals surface area contributed by atoms with Gasteiger partial charge >= 0.3 is 5.97 Å². The Balaban J connectivity index is 2.01. The summed E-state index contributed by atoms with van der Waals surface area (Å²) in [6.45, 7) is 3.52. The molecule has 2 bridgehead atoms. The number of hydrogen-bond donors (Lipinski definition) is 0. The molecule has 0 aromatic heterocycles. The van der Waals surface area contributed by atoms with Gasteiger partial charge in [-0.3, -0.25) is 0 Å². The molecule has 0 aromatic rings. The first-order valence-corrected chi connectivity index (χ1v) is 7.59. The first kappa shape index (κ1) is 13.6. The van der Waals surface area contributed by atoms with Gasteiger partial charge in [-0.2, -0.15) is 0 Å². The maximum atomic E-state index is 11.5. The van der Waals surface area contributed by atoms with E-state index in [0.717, 1.165) is 25.2 Å². The van der Waals surface area contributed by atoms with Crippen LogP contribution in [0.2, 0.25) is 0 Å². The zero-order valence-electron chi connectivity index (χ0n) is 11.5. The molecule has 102 valence electrons. The summed E-state index contributed by atoms with van der Waals surface area (Å²) in [5.41, 5.74) is -0.161. The molecule has 0 atom stereocenters. The van der Waals surface area contributed by atoms with Crippen LogP contribution in [0.4, 0.5) is 0 Å². The molecular formula is C16H26O2. The van der Waals surface area contributed by atoms with Gasteiger partial charge in [0.1, 0.15) is 5.60 Å². The molecule has 0 saturated heterocycles. The van der Waals surface area contributed by atoms with E-state index in [2.05, 4.69) is 6.58 Å². The SMILES string of the molecule is C=CC(=O)OC12CCCCCCCC(CC1)CC2. The van der Waals surface area contributed by atoms with Gasteiger partial charge in [-0.15, -0.1) is 0 Å². The van der Waals surface area contributed by atoms with Crippen molar-refractivity contribution in [3.63, 3.8) is 0 Å². The van der Waals surface area contributed by atoms with Gasteiger partial charge in [-0.1, -0.05) is 38.7 Å². The predicted molar refractivity (Wildman–Crippen MR) is 73.3 cm³/mol. The fraction of sp³-hybridized carbons (Fsp3) is 0.812. The molecular weight excluding hydrogens is 224 g/mol. The van der Waals surface area contributed by atoms with E-state index in [0.29, 0.717) is 0 Å². The number of carbonyl (C=O) groups is 1. The van der Waals surface area contributed by atoms with E-state index >= 15 is 0 Å². The van der Waals surface area contributed by atoms with Crippen molar-refractivity contribution in [2.24, 2.45) is 5.92 Å². The smallest absolute Gasteiger partial charge is 0.330 e. The molecule has 2 heteroatoms. The fourth-order valence-corrected chi connectivity index (χ4v) is 3.56. The van der Waals surface area contributed by atoms with Crippen molar-refractivity contribution in [2.75, 3.05) is 0 Å². The van der Waals surface area contributed by atoms with Crippen LogP contribution in [0.25, 0.3) is 0 Å². The van der Waals surface area contributed by atoms with Crippen molar-refractivity contribution in [1.82, 2.24) is 0 Å². The quantitative estimate of drug-likeness (QED) is 0.536. The summed E-state index contributed by atoms with van der Waals surface area (Å²) < 4.78 is 5.73. The van der Waals surface area contributed by atoms with Gasteiger partial charge < -0.3 is 4.74 Å². The molecule has 0 spiro atoms. The summed E-state index contributed by atoms with van der Waals surface area (Å²) in [7, 11) is 0. The zero-order chi connectivity index (χ0) is 12.8. The van der Waals surface area contributed by atoms with Gasteiger partial charge in [0.05, 0.1) is 0 Å². The van der Waals surface area contributed by atoms with Crippen LogP contribution in [0.1, 0.15) is 70.6 Å². The van der Waals surface area contributed by atoms with E-state index in [1.165, 1.54) is 57.4 Å². The third-order valence-corrected chi connectivity index (χ3v) is 4.74. The van der Waals surface area contributed by atoms with Crippen molar-refractivity contribution in [3.05, 3.63) is 12.7 Å². The van der Waals surface area contributed by atoms with E-state index in [1.54, 1.807) is 0 Å². The number of hydrogen-bond acceptors (Lipinski definition) is 2. The van der Waals surface area contributed by atoms with Crippen molar-refractivity contribution in [2.45, 2.75) is 76.2 Å². The van der Waals surface area contributed by atoms with Gasteiger partial charge in [-0.25, -0.2) is 4.79 Å². The average Bonchev–Trinajstić information content (AvgIpc) is 2.46. The molecule has 0 unspecified atom stereocenters. The van der Waals surface area contributed by atoms with E-state index in [9.17, 15) is 4.79 Å². The summed E-state index contributed by atoms with van der Waals surface area (Å²) in [5, 5.41) is 0. The fourth-order valence-electron chi connectivity index (χ4n) is 3.56. The van der Waals surface area contributed by atoms with Gasteiger partial charge in [0, 0.05) is 6.08 Å². The highest BCUT2D eigenvalue weighted by Gasteiger charge is 2.37. The third kappa shape index (κ3) is 3.60. The lowest BCUT2D eigenvalue weighted by molar-refractivity contribution is -0.159. The Kier molecular flexibility index (Phi) is 4.85. The lowest BCUT2D eigenvalue weighted by Gasteiger charge is -2.39. The number of esters is 1. The maximum Gasteiger partial charge on any atom is 0.330 e. The molecule has 0 aromatic carbocycles. The minimum Gasteiger partial charge on any atom is -0.456 e. The Hall–Kier alpha value is -0.790. The number of rotatable bonds is 2. The standard InChI is InChI=1S/C16H26O2/c1-2-15(17)18-16-11-7-5-3-4-6-8-14(9-12-16)10-13-16/h2,14H,1,3-13H2. The van der Waals surface area contributed by atoms with Gasteiger partial charge in [0.25, 0.3) is 0 Å². The molecule has 3 aliphatic rings. The average molecular weight is 250 g/mol. The Bertz CT molecular complexity index is 282. The summed E-state index contributed by atoms with van der Waals surface area (Å²) >= 11 is 0. The zero-order valence-corrected chi connectivity index (χ0v) is 11.5. The normalized spacial score (nSPS) is 33.4. The summed E-state index contributed by atoms with van der Waals surface area (Å²) in [5.74, 6) is 0.641. The second kappa shape index (κ2) is 6.40. The third-order valence-electron chi connectivity index (χ3n) is 4.74. The molecule has 0 heterocycles. The Labute approximate surface area is 111 Å². The Morgan fingerprint density at radius 2 is 1.67 bits per heavy atom. The summed E-state index contributed by atoms with van der Waals surface area (Å²) in [4.78, 5) is 11.5. The molecule has 2 nitrogen and oxygen atoms in total. The first-order chi connectivity index (χ1) is 8.74. The van der Waals surface area contributed by atoms with Crippen LogP contribution in [0.3, 0.4) is 0 Å². The minimum atomic E-state index is -0.233. The number of fused-ring (bicyclic) bond motifs is 8. The summed E-state index contributed by atoms with van der Waals surface area (Å²) in [6.07, 6.45) is 15.0. The highest BCUT2D eigenvalue weighted by Crippen LogP contribution is 2.41. The number of ether oxygens (including phenoxy) is 1. The van der Waals surface area contributed by atoms with Crippen molar-refractivity contribution < 1.29 is 9.53 Å². The maximum absolute atomic E-state index is 11.5. The van der Waals surface area contributed by atoms with Crippen LogP contribution in [0.15, 0.2) is 12.7 Å². The van der Waals surface area contributed by atoms with Crippen LogP contribution in [0, 0.1) is 5.92 Å². The monoisotopic (exact) mass is 250 g/mol. The van der Waals surface area contributed by atoms with Crippen LogP contribution in [-0.2, 0) is 9.53 Å². The van der Waals surface area contributed by atoms with Crippen molar-refractivity contribution in [1.29, 1.82) is 0 Å². The highest BCUT2D eigenvalue weighted by atomic mass is 16.6. The van der Waals surface area contributed by atoms with Crippen molar-refractivity contribution >= 4 is 5.97 Å². The summed E-state index contributed by atoms with van der Waals surface area (Å²) in [6, 6.07) is 0. The predicted octanol–water partition coefficient (Wildman–Crippen LogP) is 4.39. The van der Waals surface area contributed by atoms with E-state index in [4.69, 9.17) is 4.74 Å². The molecule has 0 amide bonds. The molecule has 0 aliphatic heterocycles. The second-order valence-electron chi connectivity index (χ2n) is 6.06. The molecule has 3 saturated carbocycles. The van der Waals surface area contributed by atoms with E-state index in [1.807, 2.05) is 0 Å². The minimum absolute atomic E-state index is 0.161. The lowest BCUT2D eigenvalue weighted by atomic mass is 9.75. The second-order valence-corrected chi connectivity index (χ2v) is 6.06. The van der Waals surface area contributed by atoms with E-state index in [-0.39, 0.29) is 11.6 Å². The lowest BCUT2D eigenvalue weighted by Crippen LogP contribution is -2.38. The highest BCUT2D eigenvalue weighted by molar-refractivity contribution is 5.81. The van der Waals surface area contributed by atoms with E-state index < -0.39 is 0 Å².